The van der Waals surface area contributed by atoms with Gasteiger partial charge in [0.25, 0.3) is 0 Å². The van der Waals surface area contributed by atoms with Crippen LogP contribution in [0.2, 0.25) is 0 Å². The Balaban J connectivity index is 2.98. The van der Waals surface area contributed by atoms with Crippen molar-refractivity contribution in [3.8, 4) is 0 Å². The van der Waals surface area contributed by atoms with E-state index in [4.69, 9.17) is 5.73 Å². The van der Waals surface area contributed by atoms with Gasteiger partial charge >= 0.3 is 0 Å². The van der Waals surface area contributed by atoms with Crippen LogP contribution in [0.4, 0.5) is 5.69 Å². The van der Waals surface area contributed by atoms with Gasteiger partial charge in [0, 0.05) is 25.3 Å². The van der Waals surface area contributed by atoms with Crippen molar-refractivity contribution in [1.82, 2.24) is 4.90 Å². The number of benzene rings is 1. The Kier molecular flexibility index (Phi) is 7.03. The van der Waals surface area contributed by atoms with Gasteiger partial charge < -0.3 is 15.5 Å². The van der Waals surface area contributed by atoms with Gasteiger partial charge in [0.15, 0.2) is 0 Å². The molecule has 0 bridgehead atoms. The van der Waals surface area contributed by atoms with E-state index in [1.807, 2.05) is 0 Å². The van der Waals surface area contributed by atoms with Crippen LogP contribution in [-0.4, -0.2) is 45.2 Å². The molecule has 0 aliphatic heterocycles. The highest BCUT2D eigenvalue weighted by Crippen LogP contribution is 2.23. The molecule has 0 radical (unpaired) electrons. The van der Waals surface area contributed by atoms with Crippen LogP contribution in [0.15, 0.2) is 18.2 Å². The zero-order chi connectivity index (χ0) is 15.1. The molecule has 0 aliphatic rings. The summed E-state index contributed by atoms with van der Waals surface area (Å²) in [5, 5.41) is 0. The molecule has 1 aromatic carbocycles. The molecule has 1 rings (SSSR count). The number of rotatable bonds is 8. The highest BCUT2D eigenvalue weighted by molar-refractivity contribution is 5.55. The van der Waals surface area contributed by atoms with Crippen molar-refractivity contribution in [3.05, 3.63) is 29.3 Å². The molecule has 0 atom stereocenters. The molecule has 2 N–H and O–H groups in total. The number of hydrogen-bond donors (Lipinski definition) is 1. The lowest BCUT2D eigenvalue weighted by atomic mass is 10.0. The number of hydrogen-bond acceptors (Lipinski definition) is 3. The molecule has 0 unspecified atom stereocenters. The van der Waals surface area contributed by atoms with E-state index < -0.39 is 0 Å². The van der Waals surface area contributed by atoms with E-state index in [1.165, 1.54) is 16.8 Å². The van der Waals surface area contributed by atoms with Crippen LogP contribution in [0, 0.1) is 12.8 Å². The Morgan fingerprint density at radius 3 is 2.40 bits per heavy atom. The van der Waals surface area contributed by atoms with Crippen molar-refractivity contribution in [2.45, 2.75) is 27.2 Å². The van der Waals surface area contributed by atoms with Crippen molar-refractivity contribution in [1.29, 1.82) is 0 Å². The molecule has 0 amide bonds. The first-order chi connectivity index (χ1) is 9.43. The van der Waals surface area contributed by atoms with E-state index in [1.54, 1.807) is 0 Å². The largest absolute Gasteiger partial charge is 0.370 e. The average molecular weight is 277 g/mol. The molecule has 0 aliphatic carbocycles. The molecular weight excluding hydrogens is 246 g/mol. The normalized spacial score (nSPS) is 11.4. The minimum Gasteiger partial charge on any atom is -0.370 e. The monoisotopic (exact) mass is 277 g/mol. The van der Waals surface area contributed by atoms with Crippen molar-refractivity contribution >= 4 is 5.69 Å². The highest BCUT2D eigenvalue weighted by atomic mass is 15.2. The Hall–Kier alpha value is -1.06. The predicted octanol–water partition coefficient (Wildman–Crippen LogP) is 2.52. The maximum absolute atomic E-state index is 5.78. The SMILES string of the molecule is Cc1ccc(N(CCN(C)C)CC(C)C)c(CCN)c1. The van der Waals surface area contributed by atoms with Gasteiger partial charge in [0.05, 0.1) is 0 Å². The fourth-order valence-electron chi connectivity index (χ4n) is 2.45. The summed E-state index contributed by atoms with van der Waals surface area (Å²) in [5.74, 6) is 0.657. The summed E-state index contributed by atoms with van der Waals surface area (Å²) in [6.45, 7) is 10.6. The molecule has 0 saturated carbocycles. The van der Waals surface area contributed by atoms with E-state index >= 15 is 0 Å². The number of nitrogens with zero attached hydrogens (tertiary/aromatic N) is 2. The second kappa shape index (κ2) is 8.28. The van der Waals surface area contributed by atoms with Crippen molar-refractivity contribution < 1.29 is 0 Å². The lowest BCUT2D eigenvalue weighted by Crippen LogP contribution is -2.35. The van der Waals surface area contributed by atoms with E-state index in [-0.39, 0.29) is 0 Å². The van der Waals surface area contributed by atoms with E-state index in [2.05, 4.69) is 62.9 Å². The van der Waals surface area contributed by atoms with Crippen LogP contribution >= 0.6 is 0 Å². The summed E-state index contributed by atoms with van der Waals surface area (Å²) >= 11 is 0. The first kappa shape index (κ1) is 17.0. The van der Waals surface area contributed by atoms with Crippen LogP contribution in [-0.2, 0) is 6.42 Å². The summed E-state index contributed by atoms with van der Waals surface area (Å²) in [4.78, 5) is 4.75. The van der Waals surface area contributed by atoms with Gasteiger partial charge in [-0.2, -0.15) is 0 Å². The summed E-state index contributed by atoms with van der Waals surface area (Å²) in [6, 6.07) is 6.75. The lowest BCUT2D eigenvalue weighted by Gasteiger charge is -2.30. The molecule has 0 spiro atoms. The third kappa shape index (κ3) is 5.51. The first-order valence-corrected chi connectivity index (χ1v) is 7.63. The molecule has 20 heavy (non-hydrogen) atoms. The maximum atomic E-state index is 5.78. The second-order valence-electron chi connectivity index (χ2n) is 6.31. The minimum atomic E-state index is 0.657. The quantitative estimate of drug-likeness (QED) is 0.792. The fourth-order valence-corrected chi connectivity index (χ4v) is 2.45. The van der Waals surface area contributed by atoms with Crippen molar-refractivity contribution in [2.75, 3.05) is 45.2 Å². The Labute approximate surface area is 124 Å². The molecule has 0 heterocycles. The second-order valence-corrected chi connectivity index (χ2v) is 6.31. The topological polar surface area (TPSA) is 32.5 Å². The van der Waals surface area contributed by atoms with Gasteiger partial charge in [-0.15, -0.1) is 0 Å². The molecule has 0 aromatic heterocycles. The Morgan fingerprint density at radius 2 is 1.85 bits per heavy atom. The lowest BCUT2D eigenvalue weighted by molar-refractivity contribution is 0.409. The van der Waals surface area contributed by atoms with Gasteiger partial charge in [-0.25, -0.2) is 0 Å². The summed E-state index contributed by atoms with van der Waals surface area (Å²) in [7, 11) is 4.26. The molecule has 0 saturated heterocycles. The van der Waals surface area contributed by atoms with Gasteiger partial charge in [-0.05, 0) is 51.5 Å². The predicted molar refractivity (Wildman–Crippen MR) is 89.5 cm³/mol. The first-order valence-electron chi connectivity index (χ1n) is 7.63. The average Bonchev–Trinajstić information content (AvgIpc) is 2.35. The van der Waals surface area contributed by atoms with Crippen LogP contribution in [0.1, 0.15) is 25.0 Å². The summed E-state index contributed by atoms with van der Waals surface area (Å²) in [5.41, 5.74) is 9.83. The Morgan fingerprint density at radius 1 is 1.15 bits per heavy atom. The molecule has 3 nitrogen and oxygen atoms in total. The highest BCUT2D eigenvalue weighted by Gasteiger charge is 2.13. The van der Waals surface area contributed by atoms with Gasteiger partial charge in [0.2, 0.25) is 0 Å². The molecule has 114 valence electrons. The number of anilines is 1. The summed E-state index contributed by atoms with van der Waals surface area (Å²) < 4.78 is 0. The van der Waals surface area contributed by atoms with E-state index in [9.17, 15) is 0 Å². The number of aryl methyl sites for hydroxylation is 1. The van der Waals surface area contributed by atoms with Gasteiger partial charge in [-0.3, -0.25) is 0 Å². The summed E-state index contributed by atoms with van der Waals surface area (Å²) in [6.07, 6.45) is 0.952. The van der Waals surface area contributed by atoms with E-state index in [0.29, 0.717) is 12.5 Å². The third-order valence-electron chi connectivity index (χ3n) is 3.39. The zero-order valence-electron chi connectivity index (χ0n) is 13.8. The van der Waals surface area contributed by atoms with Crippen molar-refractivity contribution in [3.63, 3.8) is 0 Å². The molecule has 3 heteroatoms. The maximum Gasteiger partial charge on any atom is 0.0399 e. The van der Waals surface area contributed by atoms with Gasteiger partial charge in [-0.1, -0.05) is 31.5 Å². The fraction of sp³-hybridized carbons (Fsp3) is 0.647. The van der Waals surface area contributed by atoms with E-state index in [0.717, 1.165) is 26.1 Å². The smallest absolute Gasteiger partial charge is 0.0399 e. The van der Waals surface area contributed by atoms with Crippen LogP contribution < -0.4 is 10.6 Å². The minimum absolute atomic E-state index is 0.657. The zero-order valence-corrected chi connectivity index (χ0v) is 13.8. The molecule has 1 aromatic rings. The molecular formula is C17H31N3. The van der Waals surface area contributed by atoms with Crippen molar-refractivity contribution in [2.24, 2.45) is 11.7 Å². The van der Waals surface area contributed by atoms with Crippen LogP contribution in [0.3, 0.4) is 0 Å². The number of likely N-dealkylation sites (N-methyl/N-ethyl adjacent to an activating group) is 1. The number of nitrogens with two attached hydrogens (primary N) is 1. The third-order valence-corrected chi connectivity index (χ3v) is 3.39. The van der Waals surface area contributed by atoms with Gasteiger partial charge in [0.1, 0.15) is 0 Å². The standard InChI is InChI=1S/C17H31N3/c1-14(2)13-20(11-10-19(4)5)17-7-6-15(3)12-16(17)8-9-18/h6-7,12,14H,8-11,13,18H2,1-5H3. The Bertz CT molecular complexity index is 399. The van der Waals surface area contributed by atoms with Crippen LogP contribution in [0.5, 0.6) is 0 Å². The van der Waals surface area contributed by atoms with Crippen LogP contribution in [0.25, 0.3) is 0 Å². The molecule has 0 fully saturated rings.